The Labute approximate surface area is 85.7 Å². The van der Waals surface area contributed by atoms with Crippen LogP contribution < -0.4 is 0 Å². The van der Waals surface area contributed by atoms with Gasteiger partial charge < -0.3 is 0 Å². The van der Waals surface area contributed by atoms with E-state index in [0.29, 0.717) is 5.88 Å². The molecule has 0 spiro atoms. The zero-order chi connectivity index (χ0) is 9.10. The van der Waals surface area contributed by atoms with Crippen molar-refractivity contribution in [2.75, 3.05) is 5.88 Å². The van der Waals surface area contributed by atoms with Crippen molar-refractivity contribution in [3.05, 3.63) is 35.3 Å². The van der Waals surface area contributed by atoms with Crippen molar-refractivity contribution in [2.24, 2.45) is 0 Å². The molecule has 2 rings (SSSR count). The number of thiazole rings is 1. The lowest BCUT2D eigenvalue weighted by Gasteiger charge is -1.80. The molecule has 0 aliphatic heterocycles. The molecule has 0 saturated heterocycles. The highest BCUT2D eigenvalue weighted by atomic mass is 35.5. The monoisotopic (exact) mass is 209 g/mol. The van der Waals surface area contributed by atoms with E-state index in [4.69, 9.17) is 11.6 Å². The van der Waals surface area contributed by atoms with Gasteiger partial charge in [0.05, 0.1) is 10.2 Å². The first-order valence-corrected chi connectivity index (χ1v) is 5.33. The van der Waals surface area contributed by atoms with Crippen molar-refractivity contribution in [1.82, 2.24) is 4.98 Å². The Morgan fingerprint density at radius 2 is 2.23 bits per heavy atom. The van der Waals surface area contributed by atoms with Crippen LogP contribution in [0.15, 0.2) is 30.3 Å². The molecule has 0 saturated carbocycles. The van der Waals surface area contributed by atoms with Crippen molar-refractivity contribution in [3.63, 3.8) is 0 Å². The fourth-order valence-corrected chi connectivity index (χ4v) is 2.09. The number of allylic oxidation sites excluding steroid dienone is 1. The first-order valence-electron chi connectivity index (χ1n) is 3.98. The molecule has 0 aliphatic carbocycles. The van der Waals surface area contributed by atoms with Gasteiger partial charge in [-0.2, -0.15) is 0 Å². The molecule has 0 atom stereocenters. The summed E-state index contributed by atoms with van der Waals surface area (Å²) in [4.78, 5) is 4.42. The van der Waals surface area contributed by atoms with Crippen molar-refractivity contribution in [3.8, 4) is 0 Å². The van der Waals surface area contributed by atoms with E-state index in [1.807, 2.05) is 30.4 Å². The van der Waals surface area contributed by atoms with Crippen molar-refractivity contribution in [2.45, 2.75) is 0 Å². The SMILES string of the molecule is ClC/C=C/c1nc2ccccc2s1. The standard InChI is InChI=1S/C10H8ClNS/c11-7-3-6-10-12-8-4-1-2-5-9(8)13-10/h1-6H,7H2/b6-3+. The fraction of sp³-hybridized carbons (Fsp3) is 0.100. The summed E-state index contributed by atoms with van der Waals surface area (Å²) in [5.74, 6) is 0.538. The normalized spacial score (nSPS) is 11.5. The number of halogens is 1. The number of hydrogen-bond donors (Lipinski definition) is 0. The van der Waals surface area contributed by atoms with E-state index < -0.39 is 0 Å². The van der Waals surface area contributed by atoms with Gasteiger partial charge in [-0.1, -0.05) is 18.2 Å². The van der Waals surface area contributed by atoms with Crippen LogP contribution in [-0.4, -0.2) is 10.9 Å². The van der Waals surface area contributed by atoms with Crippen LogP contribution in [0.4, 0.5) is 0 Å². The minimum atomic E-state index is 0.538. The third kappa shape index (κ3) is 1.90. The van der Waals surface area contributed by atoms with Gasteiger partial charge in [0.15, 0.2) is 0 Å². The molecule has 0 fully saturated rings. The van der Waals surface area contributed by atoms with E-state index in [1.165, 1.54) is 4.70 Å². The highest BCUT2D eigenvalue weighted by Crippen LogP contribution is 2.22. The fourth-order valence-electron chi connectivity index (χ4n) is 1.11. The Bertz CT molecular complexity index is 400. The molecular weight excluding hydrogens is 202 g/mol. The van der Waals surface area contributed by atoms with E-state index in [9.17, 15) is 0 Å². The lowest BCUT2D eigenvalue weighted by molar-refractivity contribution is 1.46. The summed E-state index contributed by atoms with van der Waals surface area (Å²) in [5.41, 5.74) is 1.06. The molecule has 0 unspecified atom stereocenters. The maximum absolute atomic E-state index is 5.54. The largest absolute Gasteiger partial charge is 0.237 e. The highest BCUT2D eigenvalue weighted by molar-refractivity contribution is 7.19. The van der Waals surface area contributed by atoms with Crippen LogP contribution in [0.2, 0.25) is 0 Å². The van der Waals surface area contributed by atoms with Gasteiger partial charge in [0, 0.05) is 5.88 Å². The number of rotatable bonds is 2. The highest BCUT2D eigenvalue weighted by Gasteiger charge is 1.98. The van der Waals surface area contributed by atoms with Gasteiger partial charge in [0.2, 0.25) is 0 Å². The van der Waals surface area contributed by atoms with Crippen LogP contribution in [-0.2, 0) is 0 Å². The van der Waals surface area contributed by atoms with Gasteiger partial charge >= 0.3 is 0 Å². The van der Waals surface area contributed by atoms with Crippen LogP contribution >= 0.6 is 22.9 Å². The van der Waals surface area contributed by atoms with Crippen LogP contribution in [0.3, 0.4) is 0 Å². The molecule has 1 heterocycles. The maximum Gasteiger partial charge on any atom is 0.117 e. The van der Waals surface area contributed by atoms with Crippen LogP contribution in [0.5, 0.6) is 0 Å². The van der Waals surface area contributed by atoms with Gasteiger partial charge in [-0.25, -0.2) is 4.98 Å². The molecule has 0 aliphatic rings. The summed E-state index contributed by atoms with van der Waals surface area (Å²) in [7, 11) is 0. The van der Waals surface area contributed by atoms with E-state index >= 15 is 0 Å². The van der Waals surface area contributed by atoms with E-state index in [-0.39, 0.29) is 0 Å². The second kappa shape index (κ2) is 3.90. The summed E-state index contributed by atoms with van der Waals surface area (Å²) < 4.78 is 1.22. The van der Waals surface area contributed by atoms with Crippen molar-refractivity contribution < 1.29 is 0 Å². The minimum Gasteiger partial charge on any atom is -0.237 e. The number of hydrogen-bond acceptors (Lipinski definition) is 2. The Morgan fingerprint density at radius 3 is 3.00 bits per heavy atom. The Hall–Kier alpha value is -0.860. The average molecular weight is 210 g/mol. The molecule has 3 heteroatoms. The quantitative estimate of drug-likeness (QED) is 0.690. The first-order chi connectivity index (χ1) is 6.40. The second-order valence-corrected chi connectivity index (χ2v) is 3.95. The zero-order valence-electron chi connectivity index (χ0n) is 6.90. The molecular formula is C10H8ClNS. The number of fused-ring (bicyclic) bond motifs is 1. The zero-order valence-corrected chi connectivity index (χ0v) is 8.48. The molecule has 1 aromatic heterocycles. The van der Waals surface area contributed by atoms with Gasteiger partial charge in [-0.3, -0.25) is 0 Å². The van der Waals surface area contributed by atoms with Gasteiger partial charge in [0.1, 0.15) is 5.01 Å². The van der Waals surface area contributed by atoms with E-state index in [1.54, 1.807) is 11.3 Å². The summed E-state index contributed by atoms with van der Waals surface area (Å²) >= 11 is 7.22. The summed E-state index contributed by atoms with van der Waals surface area (Å²) in [5, 5.41) is 1.02. The van der Waals surface area contributed by atoms with E-state index in [2.05, 4.69) is 11.1 Å². The number of nitrogens with zero attached hydrogens (tertiary/aromatic N) is 1. The third-order valence-electron chi connectivity index (χ3n) is 1.66. The molecule has 0 radical (unpaired) electrons. The third-order valence-corrected chi connectivity index (χ3v) is 2.84. The molecule has 0 amide bonds. The minimum absolute atomic E-state index is 0.538. The molecule has 66 valence electrons. The molecule has 13 heavy (non-hydrogen) atoms. The number of aromatic nitrogens is 1. The maximum atomic E-state index is 5.54. The first kappa shape index (κ1) is 8.73. The number of benzene rings is 1. The van der Waals surface area contributed by atoms with E-state index in [0.717, 1.165) is 10.5 Å². The van der Waals surface area contributed by atoms with Gasteiger partial charge in [0.25, 0.3) is 0 Å². The number of alkyl halides is 1. The van der Waals surface area contributed by atoms with Crippen LogP contribution in [0.25, 0.3) is 16.3 Å². The summed E-state index contributed by atoms with van der Waals surface area (Å²) in [6.07, 6.45) is 3.86. The Balaban J connectivity index is 2.44. The average Bonchev–Trinajstić information content (AvgIpc) is 2.57. The predicted octanol–water partition coefficient (Wildman–Crippen LogP) is 3.55. The van der Waals surface area contributed by atoms with Crippen molar-refractivity contribution >= 4 is 39.2 Å². The second-order valence-electron chi connectivity index (χ2n) is 2.58. The van der Waals surface area contributed by atoms with Crippen LogP contribution in [0.1, 0.15) is 5.01 Å². The molecule has 1 nitrogen and oxygen atoms in total. The van der Waals surface area contributed by atoms with Gasteiger partial charge in [-0.15, -0.1) is 22.9 Å². The smallest absolute Gasteiger partial charge is 0.117 e. The Kier molecular flexibility index (Phi) is 2.62. The lowest BCUT2D eigenvalue weighted by atomic mass is 10.3. The molecule has 0 bridgehead atoms. The Morgan fingerprint density at radius 1 is 1.38 bits per heavy atom. The molecule has 1 aromatic carbocycles. The van der Waals surface area contributed by atoms with Crippen molar-refractivity contribution in [1.29, 1.82) is 0 Å². The molecule has 2 aromatic rings. The predicted molar refractivity (Wildman–Crippen MR) is 59.4 cm³/mol. The van der Waals surface area contributed by atoms with Gasteiger partial charge in [-0.05, 0) is 18.2 Å². The molecule has 0 N–H and O–H groups in total. The summed E-state index contributed by atoms with van der Waals surface area (Å²) in [6.45, 7) is 0. The lowest BCUT2D eigenvalue weighted by Crippen LogP contribution is -1.68. The number of para-hydroxylation sites is 1. The topological polar surface area (TPSA) is 12.9 Å². The van der Waals surface area contributed by atoms with Crippen LogP contribution in [0, 0.1) is 0 Å². The summed E-state index contributed by atoms with van der Waals surface area (Å²) in [6, 6.07) is 8.11.